The van der Waals surface area contributed by atoms with Crippen molar-refractivity contribution in [2.45, 2.75) is 64.5 Å². The van der Waals surface area contributed by atoms with Crippen LogP contribution in [0.15, 0.2) is 12.1 Å². The normalized spacial score (nSPS) is 15.6. The number of benzene rings is 1. The topological polar surface area (TPSA) is 0 Å². The van der Waals surface area contributed by atoms with Gasteiger partial charge >= 0.3 is 53.8 Å². The highest BCUT2D eigenvalue weighted by Gasteiger charge is 2.95. The van der Waals surface area contributed by atoms with Crippen LogP contribution in [-0.4, -0.2) is 41.7 Å². The first-order valence-corrected chi connectivity index (χ1v) is 11.2. The highest BCUT2D eigenvalue weighted by molar-refractivity contribution is 9.08. The average molecular weight is 750 g/mol. The van der Waals surface area contributed by atoms with E-state index in [1.807, 2.05) is 0 Å². The molecule has 228 valence electrons. The van der Waals surface area contributed by atoms with E-state index in [-0.39, 0.29) is 6.07 Å². The molecule has 0 unspecified atom stereocenters. The van der Waals surface area contributed by atoms with Gasteiger partial charge < -0.3 is 0 Å². The molecule has 22 heteroatoms. The molecule has 0 bridgehead atoms. The minimum atomic E-state index is -8.80. The molecule has 0 saturated carbocycles. The zero-order chi connectivity index (χ0) is 31.6. The van der Waals surface area contributed by atoms with Crippen molar-refractivity contribution in [2.24, 2.45) is 0 Å². The van der Waals surface area contributed by atoms with Gasteiger partial charge in [-0.15, -0.1) is 0 Å². The molecule has 1 rings (SSSR count). The van der Waals surface area contributed by atoms with Crippen molar-refractivity contribution in [2.75, 3.05) is 0 Å². The van der Waals surface area contributed by atoms with Crippen LogP contribution < -0.4 is 0 Å². The molecule has 1 aromatic rings. The predicted molar refractivity (Wildman–Crippen MR) is 96.3 cm³/mol. The predicted octanol–water partition coefficient (Wildman–Crippen LogP) is 9.96. The summed E-state index contributed by atoms with van der Waals surface area (Å²) in [5.74, 6) is -58.2. The van der Waals surface area contributed by atoms with Gasteiger partial charge in [0.2, 0.25) is 0 Å². The lowest BCUT2D eigenvalue weighted by Crippen LogP contribution is -2.74. The van der Waals surface area contributed by atoms with Crippen molar-refractivity contribution in [3.63, 3.8) is 0 Å². The summed E-state index contributed by atoms with van der Waals surface area (Å²) in [5, 5.41) is -2.53. The van der Waals surface area contributed by atoms with E-state index < -0.39 is 92.8 Å². The van der Waals surface area contributed by atoms with E-state index in [4.69, 9.17) is 0 Å². The smallest absolute Gasteiger partial charge is 0.194 e. The van der Waals surface area contributed by atoms with E-state index in [1.165, 1.54) is 0 Å². The second-order valence-corrected chi connectivity index (χ2v) is 8.57. The van der Waals surface area contributed by atoms with Gasteiger partial charge in [0.15, 0.2) is 0 Å². The van der Waals surface area contributed by atoms with Gasteiger partial charge in [0.1, 0.15) is 0 Å². The first kappa shape index (κ1) is 35.8. The molecule has 0 aliphatic carbocycles. The minimum Gasteiger partial charge on any atom is -0.194 e. The van der Waals surface area contributed by atoms with E-state index in [2.05, 4.69) is 31.9 Å². The molecule has 0 aliphatic rings. The SMILES string of the molecule is FC(F)(F)c1cc(CBr)c(C(F)(F)C(F)(F)C(F)(F)C(F)(F)C(F)(F)C(F)(F)C(F)(F)C(F)(F)F)cc1CBr. The fourth-order valence-electron chi connectivity index (χ4n) is 2.80. The van der Waals surface area contributed by atoms with Gasteiger partial charge in [-0.2, -0.15) is 87.8 Å². The monoisotopic (exact) mass is 748 g/mol. The lowest BCUT2D eigenvalue weighted by Gasteiger charge is -2.43. The summed E-state index contributed by atoms with van der Waals surface area (Å²) in [6.07, 6.45) is -13.3. The van der Waals surface area contributed by atoms with E-state index >= 15 is 0 Å². The summed E-state index contributed by atoms with van der Waals surface area (Å²) in [6.45, 7) is 0. The molecule has 1 aromatic carbocycles. The highest BCUT2D eigenvalue weighted by atomic mass is 79.9. The number of alkyl halides is 22. The maximum absolute atomic E-state index is 14.6. The summed E-state index contributed by atoms with van der Waals surface area (Å²) in [5.41, 5.74) is -7.72. The average Bonchev–Trinajstić information content (AvgIpc) is 2.75. The lowest BCUT2D eigenvalue weighted by atomic mass is 9.85. The molecule has 0 fully saturated rings. The van der Waals surface area contributed by atoms with Crippen molar-refractivity contribution in [3.8, 4) is 0 Å². The van der Waals surface area contributed by atoms with Crippen molar-refractivity contribution in [1.82, 2.24) is 0 Å². The third-order valence-corrected chi connectivity index (χ3v) is 6.19. The van der Waals surface area contributed by atoms with Crippen LogP contribution in [0, 0.1) is 0 Å². The van der Waals surface area contributed by atoms with Crippen LogP contribution >= 0.6 is 31.9 Å². The first-order valence-electron chi connectivity index (χ1n) is 8.93. The third-order valence-electron chi connectivity index (χ3n) is 4.98. The largest absolute Gasteiger partial charge is 0.460 e. The van der Waals surface area contributed by atoms with Crippen LogP contribution in [0.25, 0.3) is 0 Å². The fourth-order valence-corrected chi connectivity index (χ4v) is 3.73. The Hall–Kier alpha value is -1.22. The molecule has 0 spiro atoms. The van der Waals surface area contributed by atoms with E-state index in [9.17, 15) is 87.8 Å². The van der Waals surface area contributed by atoms with Crippen molar-refractivity contribution in [1.29, 1.82) is 0 Å². The van der Waals surface area contributed by atoms with Gasteiger partial charge in [-0.05, 0) is 23.3 Å². The minimum absolute atomic E-state index is 0.381. The second-order valence-electron chi connectivity index (χ2n) is 7.45. The molecular weight excluding hydrogens is 744 g/mol. The zero-order valence-electron chi connectivity index (χ0n) is 17.4. The van der Waals surface area contributed by atoms with E-state index in [0.717, 1.165) is 0 Å². The van der Waals surface area contributed by atoms with Crippen molar-refractivity contribution >= 4 is 31.9 Å². The van der Waals surface area contributed by atoms with Crippen LogP contribution in [-0.2, 0) is 22.8 Å². The van der Waals surface area contributed by atoms with E-state index in [0.29, 0.717) is 0 Å². The zero-order valence-corrected chi connectivity index (χ0v) is 20.6. The molecule has 0 saturated heterocycles. The van der Waals surface area contributed by atoms with Crippen LogP contribution in [0.2, 0.25) is 0 Å². The van der Waals surface area contributed by atoms with Gasteiger partial charge in [0.25, 0.3) is 0 Å². The van der Waals surface area contributed by atoms with Crippen LogP contribution in [0.4, 0.5) is 87.8 Å². The number of hydrogen-bond acceptors (Lipinski definition) is 0. The fraction of sp³-hybridized carbons (Fsp3) is 0.647. The molecule has 0 amide bonds. The Balaban J connectivity index is 3.95. The molecule has 0 atom stereocenters. The first-order chi connectivity index (χ1) is 16.9. The molecule has 0 N–H and O–H groups in total. The molecule has 0 aliphatic heterocycles. The van der Waals surface area contributed by atoms with Gasteiger partial charge in [-0.1, -0.05) is 31.9 Å². The van der Waals surface area contributed by atoms with Gasteiger partial charge in [-0.25, -0.2) is 0 Å². The maximum atomic E-state index is 14.6. The molecule has 39 heavy (non-hydrogen) atoms. The highest BCUT2D eigenvalue weighted by Crippen LogP contribution is 2.65. The Bertz CT molecular complexity index is 1050. The molecule has 0 heterocycles. The van der Waals surface area contributed by atoms with Crippen molar-refractivity contribution in [3.05, 3.63) is 34.4 Å². The third kappa shape index (κ3) is 5.06. The summed E-state index contributed by atoms with van der Waals surface area (Å²) in [4.78, 5) is 0. The second kappa shape index (κ2) is 9.95. The molecule has 0 nitrogen and oxygen atoms in total. The van der Waals surface area contributed by atoms with Crippen LogP contribution in [0.5, 0.6) is 0 Å². The standard InChI is InChI=1S/C17H6Br2F20/c18-3-5-2-8(10(22,23)24)6(4-19)1-7(5)9(20,21)11(25,26)12(27,28)13(29,30)14(31,32)15(33,34)16(35,36)17(37,38)39/h1-2H,3-4H2. The quantitative estimate of drug-likeness (QED) is 0.174. The number of hydrogen-bond donors (Lipinski definition) is 0. The number of rotatable bonds is 9. The van der Waals surface area contributed by atoms with Gasteiger partial charge in [0.05, 0.1) is 5.56 Å². The maximum Gasteiger partial charge on any atom is 0.460 e. The lowest BCUT2D eigenvalue weighted by molar-refractivity contribution is -0.462. The Labute approximate surface area is 218 Å². The molecule has 0 radical (unpaired) electrons. The summed E-state index contributed by atoms with van der Waals surface area (Å²) in [7, 11) is 0. The Morgan fingerprint density at radius 1 is 0.410 bits per heavy atom. The van der Waals surface area contributed by atoms with Crippen molar-refractivity contribution < 1.29 is 87.8 Å². The Morgan fingerprint density at radius 3 is 1.00 bits per heavy atom. The van der Waals surface area contributed by atoms with Crippen LogP contribution in [0.1, 0.15) is 22.3 Å². The summed E-state index contributed by atoms with van der Waals surface area (Å²) in [6, 6.07) is -0.992. The Morgan fingerprint density at radius 2 is 0.692 bits per heavy atom. The summed E-state index contributed by atoms with van der Waals surface area (Å²) < 4.78 is 269. The van der Waals surface area contributed by atoms with E-state index in [1.54, 1.807) is 0 Å². The number of halogens is 22. The van der Waals surface area contributed by atoms with Gasteiger partial charge in [0, 0.05) is 16.2 Å². The van der Waals surface area contributed by atoms with Crippen LogP contribution in [0.3, 0.4) is 0 Å². The van der Waals surface area contributed by atoms with Gasteiger partial charge in [-0.3, -0.25) is 0 Å². The Kier molecular flexibility index (Phi) is 9.14. The molecular formula is C17H6Br2F20. The summed E-state index contributed by atoms with van der Waals surface area (Å²) >= 11 is 4.50. The molecule has 0 aromatic heterocycles.